The average molecular weight is 251 g/mol. The van der Waals surface area contributed by atoms with Crippen LogP contribution < -0.4 is 10.5 Å². The van der Waals surface area contributed by atoms with Gasteiger partial charge in [-0.25, -0.2) is 4.98 Å². The lowest BCUT2D eigenvalue weighted by Gasteiger charge is -2.31. The maximum Gasteiger partial charge on any atom is 0.218 e. The number of hydrogen-bond acceptors (Lipinski definition) is 5. The summed E-state index contributed by atoms with van der Waals surface area (Å²) < 4.78 is 11.6. The average Bonchev–Trinajstić information content (AvgIpc) is 2.26. The minimum Gasteiger partial charge on any atom is -0.474 e. The Morgan fingerprint density at radius 1 is 1.33 bits per heavy atom. The number of nitrogen functional groups attached to an aromatic ring is 1. The van der Waals surface area contributed by atoms with Gasteiger partial charge < -0.3 is 15.2 Å². The van der Waals surface area contributed by atoms with Gasteiger partial charge in [-0.05, 0) is 13.8 Å². The van der Waals surface area contributed by atoms with Gasteiger partial charge in [0.25, 0.3) is 0 Å². The molecule has 0 aromatic carbocycles. The summed E-state index contributed by atoms with van der Waals surface area (Å²) in [5.74, 6) is 1.76. The Balaban J connectivity index is 2.06. The normalized spacial score (nSPS) is 28.1. The summed E-state index contributed by atoms with van der Waals surface area (Å²) >= 11 is 0. The van der Waals surface area contributed by atoms with Crippen LogP contribution in [0.3, 0.4) is 0 Å². The summed E-state index contributed by atoms with van der Waals surface area (Å²) in [7, 11) is 0. The molecule has 2 unspecified atom stereocenters. The monoisotopic (exact) mass is 251 g/mol. The van der Waals surface area contributed by atoms with Crippen molar-refractivity contribution >= 4 is 5.82 Å². The van der Waals surface area contributed by atoms with Crippen LogP contribution in [0.1, 0.15) is 39.4 Å². The molecule has 0 aliphatic carbocycles. The van der Waals surface area contributed by atoms with Crippen LogP contribution in [-0.4, -0.2) is 28.3 Å². The fourth-order valence-electron chi connectivity index (χ4n) is 2.32. The molecule has 0 bridgehead atoms. The number of ether oxygens (including phenoxy) is 2. The van der Waals surface area contributed by atoms with E-state index in [2.05, 4.69) is 23.8 Å². The van der Waals surface area contributed by atoms with Gasteiger partial charge in [0.2, 0.25) is 5.88 Å². The maximum absolute atomic E-state index is 5.91. The van der Waals surface area contributed by atoms with Crippen molar-refractivity contribution < 1.29 is 9.47 Å². The molecule has 1 aromatic rings. The highest BCUT2D eigenvalue weighted by molar-refractivity contribution is 5.32. The topological polar surface area (TPSA) is 70.3 Å². The number of aromatic nitrogens is 2. The van der Waals surface area contributed by atoms with E-state index in [0.717, 1.165) is 25.1 Å². The number of hydrogen-bond donors (Lipinski definition) is 1. The molecule has 2 rings (SSSR count). The molecule has 0 amide bonds. The first-order chi connectivity index (χ1) is 8.56. The zero-order chi connectivity index (χ0) is 13.1. The van der Waals surface area contributed by atoms with Crippen molar-refractivity contribution in [3.63, 3.8) is 0 Å². The van der Waals surface area contributed by atoms with Crippen molar-refractivity contribution in [2.45, 2.75) is 58.3 Å². The molecule has 1 aliphatic heterocycles. The number of nitrogens with zero attached hydrogens (tertiary/aromatic N) is 2. The van der Waals surface area contributed by atoms with Crippen LogP contribution >= 0.6 is 0 Å². The largest absolute Gasteiger partial charge is 0.474 e. The SMILES string of the molecule is CCc1nc(N)cc(OC2CC(C)OC(C)C2)n1. The van der Waals surface area contributed by atoms with Gasteiger partial charge in [0, 0.05) is 25.3 Å². The summed E-state index contributed by atoms with van der Waals surface area (Å²) in [6.45, 7) is 6.13. The molecule has 2 N–H and O–H groups in total. The van der Waals surface area contributed by atoms with Crippen molar-refractivity contribution in [2.24, 2.45) is 0 Å². The lowest BCUT2D eigenvalue weighted by molar-refractivity contribution is -0.0730. The Morgan fingerprint density at radius 2 is 2.00 bits per heavy atom. The first kappa shape index (κ1) is 13.1. The van der Waals surface area contributed by atoms with Gasteiger partial charge in [-0.15, -0.1) is 0 Å². The first-order valence-electron chi connectivity index (χ1n) is 6.52. The highest BCUT2D eigenvalue weighted by Crippen LogP contribution is 2.23. The van der Waals surface area contributed by atoms with Gasteiger partial charge in [0.15, 0.2) is 0 Å². The van der Waals surface area contributed by atoms with E-state index >= 15 is 0 Å². The highest BCUT2D eigenvalue weighted by atomic mass is 16.5. The molecule has 0 saturated carbocycles. The molecule has 18 heavy (non-hydrogen) atoms. The van der Waals surface area contributed by atoms with Gasteiger partial charge in [-0.1, -0.05) is 6.92 Å². The van der Waals surface area contributed by atoms with E-state index in [0.29, 0.717) is 11.7 Å². The number of nitrogens with two attached hydrogens (primary N) is 1. The molecular weight excluding hydrogens is 230 g/mol. The van der Waals surface area contributed by atoms with Crippen molar-refractivity contribution in [1.82, 2.24) is 9.97 Å². The van der Waals surface area contributed by atoms with E-state index in [9.17, 15) is 0 Å². The molecule has 1 aliphatic rings. The van der Waals surface area contributed by atoms with Crippen molar-refractivity contribution in [3.8, 4) is 5.88 Å². The molecular formula is C13H21N3O2. The zero-order valence-electron chi connectivity index (χ0n) is 11.2. The third kappa shape index (κ3) is 3.32. The van der Waals surface area contributed by atoms with Crippen molar-refractivity contribution in [3.05, 3.63) is 11.9 Å². The lowest BCUT2D eigenvalue weighted by atomic mass is 10.0. The van der Waals surface area contributed by atoms with E-state index in [1.807, 2.05) is 6.92 Å². The van der Waals surface area contributed by atoms with Crippen LogP contribution in [0.2, 0.25) is 0 Å². The molecule has 2 heterocycles. The molecule has 5 heteroatoms. The smallest absolute Gasteiger partial charge is 0.218 e. The Bertz CT molecular complexity index is 401. The first-order valence-corrected chi connectivity index (χ1v) is 6.52. The van der Waals surface area contributed by atoms with Gasteiger partial charge >= 0.3 is 0 Å². The van der Waals surface area contributed by atoms with E-state index in [-0.39, 0.29) is 18.3 Å². The molecule has 1 aromatic heterocycles. The van der Waals surface area contributed by atoms with E-state index in [1.54, 1.807) is 6.07 Å². The molecule has 1 saturated heterocycles. The summed E-state index contributed by atoms with van der Waals surface area (Å²) in [4.78, 5) is 8.48. The molecule has 1 fully saturated rings. The summed E-state index contributed by atoms with van der Waals surface area (Å²) in [5, 5.41) is 0. The minimum atomic E-state index is 0.141. The Hall–Kier alpha value is -1.36. The van der Waals surface area contributed by atoms with Crippen molar-refractivity contribution in [1.29, 1.82) is 0 Å². The van der Waals surface area contributed by atoms with Crippen molar-refractivity contribution in [2.75, 3.05) is 5.73 Å². The number of anilines is 1. The van der Waals surface area contributed by atoms with Crippen LogP contribution in [0.4, 0.5) is 5.82 Å². The second kappa shape index (κ2) is 5.52. The molecule has 0 radical (unpaired) electrons. The van der Waals surface area contributed by atoms with Crippen LogP contribution in [-0.2, 0) is 11.2 Å². The van der Waals surface area contributed by atoms with Crippen LogP contribution in [0.15, 0.2) is 6.07 Å². The second-order valence-corrected chi connectivity index (χ2v) is 4.87. The number of rotatable bonds is 3. The standard InChI is InChI=1S/C13H21N3O2/c1-4-12-15-11(14)7-13(16-12)18-10-5-8(2)17-9(3)6-10/h7-10H,4-6H2,1-3H3,(H2,14,15,16). The fraction of sp³-hybridized carbons (Fsp3) is 0.692. The maximum atomic E-state index is 5.91. The summed E-state index contributed by atoms with van der Waals surface area (Å²) in [6, 6.07) is 1.68. The van der Waals surface area contributed by atoms with Crippen LogP contribution in [0.25, 0.3) is 0 Å². The Morgan fingerprint density at radius 3 is 2.61 bits per heavy atom. The quantitative estimate of drug-likeness (QED) is 0.889. The van der Waals surface area contributed by atoms with Crippen LogP contribution in [0.5, 0.6) is 5.88 Å². The van der Waals surface area contributed by atoms with Crippen LogP contribution in [0, 0.1) is 0 Å². The van der Waals surface area contributed by atoms with Gasteiger partial charge in [-0.2, -0.15) is 4.98 Å². The number of aryl methyl sites for hydroxylation is 1. The van der Waals surface area contributed by atoms with Gasteiger partial charge in [0.1, 0.15) is 17.7 Å². The third-order valence-electron chi connectivity index (χ3n) is 3.03. The predicted octanol–water partition coefficient (Wildman–Crippen LogP) is 1.96. The Labute approximate surface area is 108 Å². The minimum absolute atomic E-state index is 0.141. The lowest BCUT2D eigenvalue weighted by Crippen LogP contribution is -2.35. The Kier molecular flexibility index (Phi) is 4.01. The third-order valence-corrected chi connectivity index (χ3v) is 3.03. The molecule has 100 valence electrons. The fourth-order valence-corrected chi connectivity index (χ4v) is 2.32. The molecule has 0 spiro atoms. The summed E-state index contributed by atoms with van der Waals surface area (Å²) in [6.07, 6.45) is 3.11. The van der Waals surface area contributed by atoms with Gasteiger partial charge in [0.05, 0.1) is 12.2 Å². The predicted molar refractivity (Wildman–Crippen MR) is 69.5 cm³/mol. The highest BCUT2D eigenvalue weighted by Gasteiger charge is 2.26. The molecule has 5 nitrogen and oxygen atoms in total. The molecule has 2 atom stereocenters. The second-order valence-electron chi connectivity index (χ2n) is 4.87. The van der Waals surface area contributed by atoms with E-state index < -0.39 is 0 Å². The van der Waals surface area contributed by atoms with Gasteiger partial charge in [-0.3, -0.25) is 0 Å². The van der Waals surface area contributed by atoms with E-state index in [1.165, 1.54) is 0 Å². The summed E-state index contributed by atoms with van der Waals surface area (Å²) in [5.41, 5.74) is 5.74. The zero-order valence-corrected chi connectivity index (χ0v) is 11.2. The van der Waals surface area contributed by atoms with E-state index in [4.69, 9.17) is 15.2 Å².